The lowest BCUT2D eigenvalue weighted by Gasteiger charge is -2.29. The normalized spacial score (nSPS) is 21.6. The number of hydrogen-bond acceptors (Lipinski definition) is 3. The molecule has 128 valence electrons. The summed E-state index contributed by atoms with van der Waals surface area (Å²) < 4.78 is 20.5. The minimum atomic E-state index is -1.21. The van der Waals surface area contributed by atoms with Gasteiger partial charge in [0.1, 0.15) is 5.60 Å². The molecule has 0 bridgehead atoms. The molecule has 0 amide bonds. The van der Waals surface area contributed by atoms with E-state index in [1.165, 1.54) is 5.57 Å². The van der Waals surface area contributed by atoms with Gasteiger partial charge >= 0.3 is 5.97 Å². The second kappa shape index (κ2) is 7.58. The van der Waals surface area contributed by atoms with Gasteiger partial charge in [0.15, 0.2) is 0 Å². The number of allylic oxidation sites excluding steroid dienone is 1. The van der Waals surface area contributed by atoms with Crippen molar-refractivity contribution < 1.29 is 13.7 Å². The predicted molar refractivity (Wildman–Crippen MR) is 95.3 cm³/mol. The highest BCUT2D eigenvalue weighted by Gasteiger charge is 2.29. The Balaban J connectivity index is 2.69. The van der Waals surface area contributed by atoms with E-state index in [4.69, 9.17) is 4.74 Å². The molecule has 0 aromatic heterocycles. The van der Waals surface area contributed by atoms with Gasteiger partial charge in [-0.2, -0.15) is 0 Å². The van der Waals surface area contributed by atoms with E-state index in [1.54, 1.807) is 0 Å². The molecule has 4 nitrogen and oxygen atoms in total. The number of nitrogens with one attached hydrogen (secondary N) is 1. The summed E-state index contributed by atoms with van der Waals surface area (Å²) in [7, 11) is -1.21. The summed E-state index contributed by atoms with van der Waals surface area (Å²) in [6.45, 7) is 11.3. The lowest BCUT2D eigenvalue weighted by Crippen LogP contribution is -2.42. The first-order valence-electron chi connectivity index (χ1n) is 7.61. The third kappa shape index (κ3) is 6.92. The van der Waals surface area contributed by atoms with E-state index < -0.39 is 16.6 Å². The van der Waals surface area contributed by atoms with Crippen LogP contribution >= 0.6 is 15.9 Å². The van der Waals surface area contributed by atoms with E-state index >= 15 is 0 Å². The van der Waals surface area contributed by atoms with Gasteiger partial charge in [-0.3, -0.25) is 4.79 Å². The van der Waals surface area contributed by atoms with Gasteiger partial charge in [-0.1, -0.05) is 27.6 Å². The highest BCUT2D eigenvalue weighted by molar-refractivity contribution is 9.09. The zero-order chi connectivity index (χ0) is 17.1. The van der Waals surface area contributed by atoms with Crippen LogP contribution in [0.15, 0.2) is 11.6 Å². The molecule has 0 heterocycles. The highest BCUT2D eigenvalue weighted by Crippen LogP contribution is 2.31. The summed E-state index contributed by atoms with van der Waals surface area (Å²) in [5.41, 5.74) is 0.755. The Morgan fingerprint density at radius 2 is 2.00 bits per heavy atom. The van der Waals surface area contributed by atoms with Gasteiger partial charge < -0.3 is 4.74 Å². The molecule has 0 aromatic rings. The molecule has 0 spiro atoms. The average Bonchev–Trinajstić information content (AvgIpc) is 2.30. The van der Waals surface area contributed by atoms with Crippen molar-refractivity contribution in [1.29, 1.82) is 0 Å². The van der Waals surface area contributed by atoms with Crippen LogP contribution in [0, 0.1) is 0 Å². The SMILES string of the molecule is CC(C)(C)OC(=O)C[C@H](CC1=CC[C@H]1Br)NS(=O)C(C)(C)C. The molecule has 0 saturated carbocycles. The van der Waals surface area contributed by atoms with E-state index in [1.807, 2.05) is 41.5 Å². The summed E-state index contributed by atoms with van der Waals surface area (Å²) in [6.07, 6.45) is 4.09. The van der Waals surface area contributed by atoms with E-state index in [-0.39, 0.29) is 23.2 Å². The maximum absolute atomic E-state index is 12.3. The van der Waals surface area contributed by atoms with Crippen molar-refractivity contribution >= 4 is 32.9 Å². The monoisotopic (exact) mass is 393 g/mol. The molecule has 1 N–H and O–H groups in total. The van der Waals surface area contributed by atoms with Gasteiger partial charge in [-0.25, -0.2) is 8.93 Å². The Kier molecular flexibility index (Phi) is 6.84. The van der Waals surface area contributed by atoms with Crippen LogP contribution in [0.2, 0.25) is 0 Å². The largest absolute Gasteiger partial charge is 0.460 e. The molecule has 0 aliphatic heterocycles. The topological polar surface area (TPSA) is 55.4 Å². The lowest BCUT2D eigenvalue weighted by atomic mass is 9.92. The summed E-state index contributed by atoms with van der Waals surface area (Å²) in [6, 6.07) is -0.179. The van der Waals surface area contributed by atoms with Gasteiger partial charge in [-0.15, -0.1) is 0 Å². The van der Waals surface area contributed by atoms with Crippen molar-refractivity contribution in [3.05, 3.63) is 11.6 Å². The van der Waals surface area contributed by atoms with Gasteiger partial charge in [0.05, 0.1) is 22.2 Å². The molecule has 0 fully saturated rings. The smallest absolute Gasteiger partial charge is 0.307 e. The lowest BCUT2D eigenvalue weighted by molar-refractivity contribution is -0.155. The number of carbonyl (C=O) groups is 1. The summed E-state index contributed by atoms with van der Waals surface area (Å²) in [5.74, 6) is -0.262. The molecule has 6 heteroatoms. The van der Waals surface area contributed by atoms with E-state index in [2.05, 4.69) is 26.7 Å². The average molecular weight is 394 g/mol. The van der Waals surface area contributed by atoms with Crippen molar-refractivity contribution in [2.45, 2.75) is 82.0 Å². The third-order valence-corrected chi connectivity index (χ3v) is 5.76. The van der Waals surface area contributed by atoms with Crippen LogP contribution in [-0.2, 0) is 20.5 Å². The van der Waals surface area contributed by atoms with Crippen LogP contribution in [-0.4, -0.2) is 31.4 Å². The van der Waals surface area contributed by atoms with Crippen LogP contribution in [0.3, 0.4) is 0 Å². The molecule has 22 heavy (non-hydrogen) atoms. The minimum Gasteiger partial charge on any atom is -0.460 e. The molecule has 1 aliphatic carbocycles. The molecule has 1 aliphatic rings. The molecule has 0 aromatic carbocycles. The second-order valence-electron chi connectivity index (χ2n) is 7.67. The van der Waals surface area contributed by atoms with Crippen LogP contribution in [0.4, 0.5) is 0 Å². The van der Waals surface area contributed by atoms with Crippen LogP contribution in [0.25, 0.3) is 0 Å². The number of hydrogen-bond donors (Lipinski definition) is 1. The Labute approximate surface area is 145 Å². The Morgan fingerprint density at radius 1 is 1.41 bits per heavy atom. The van der Waals surface area contributed by atoms with Gasteiger partial charge in [0, 0.05) is 10.9 Å². The Morgan fingerprint density at radius 3 is 2.36 bits per heavy atom. The fourth-order valence-corrected chi connectivity index (χ4v) is 3.32. The number of rotatable bonds is 6. The zero-order valence-corrected chi connectivity index (χ0v) is 16.8. The quantitative estimate of drug-likeness (QED) is 0.425. The van der Waals surface area contributed by atoms with E-state index in [9.17, 15) is 9.00 Å². The van der Waals surface area contributed by atoms with E-state index in [0.29, 0.717) is 11.2 Å². The molecular formula is C16H28BrNO3S. The zero-order valence-electron chi connectivity index (χ0n) is 14.4. The predicted octanol–water partition coefficient (Wildman–Crippen LogP) is 3.62. The Hall–Kier alpha value is -0.200. The summed E-state index contributed by atoms with van der Waals surface area (Å²) >= 11 is 3.59. The number of ether oxygens (including phenoxy) is 1. The maximum atomic E-state index is 12.3. The first-order chi connectivity index (χ1) is 9.88. The molecule has 0 radical (unpaired) electrons. The maximum Gasteiger partial charge on any atom is 0.307 e. The summed E-state index contributed by atoms with van der Waals surface area (Å²) in [4.78, 5) is 12.5. The first-order valence-corrected chi connectivity index (χ1v) is 9.68. The third-order valence-electron chi connectivity index (χ3n) is 3.13. The van der Waals surface area contributed by atoms with Crippen LogP contribution in [0.1, 0.15) is 60.8 Å². The number of esters is 1. The van der Waals surface area contributed by atoms with Crippen molar-refractivity contribution in [1.82, 2.24) is 4.72 Å². The molecule has 1 rings (SSSR count). The Bertz CT molecular complexity index is 463. The molecule has 0 saturated heterocycles. The summed E-state index contributed by atoms with van der Waals surface area (Å²) in [5, 5.41) is 0. The van der Waals surface area contributed by atoms with E-state index in [0.717, 1.165) is 6.42 Å². The van der Waals surface area contributed by atoms with Gasteiger partial charge in [0.25, 0.3) is 0 Å². The first kappa shape index (κ1) is 19.8. The second-order valence-corrected chi connectivity index (χ2v) is 10.8. The number of carbonyl (C=O) groups excluding carboxylic acids is 1. The van der Waals surface area contributed by atoms with Crippen molar-refractivity contribution in [3.8, 4) is 0 Å². The number of halogens is 1. The minimum absolute atomic E-state index is 0.179. The molecular weight excluding hydrogens is 366 g/mol. The standard InChI is InChI=1S/C16H28BrNO3S/c1-15(2,3)21-14(19)10-12(9-11-7-8-13(11)17)18-22(20)16(4,5)6/h7,12-13,18H,8-10H2,1-6H3/t12-,13+,22?/m0/s1. The van der Waals surface area contributed by atoms with Gasteiger partial charge in [0.2, 0.25) is 0 Å². The van der Waals surface area contributed by atoms with Crippen molar-refractivity contribution in [3.63, 3.8) is 0 Å². The fraction of sp³-hybridized carbons (Fsp3) is 0.812. The van der Waals surface area contributed by atoms with Crippen LogP contribution < -0.4 is 4.72 Å². The van der Waals surface area contributed by atoms with Crippen molar-refractivity contribution in [2.75, 3.05) is 0 Å². The highest BCUT2D eigenvalue weighted by atomic mass is 79.9. The molecule has 3 atom stereocenters. The molecule has 1 unspecified atom stereocenters. The number of alkyl halides is 1. The van der Waals surface area contributed by atoms with Gasteiger partial charge in [-0.05, 0) is 54.4 Å². The van der Waals surface area contributed by atoms with Crippen molar-refractivity contribution in [2.24, 2.45) is 0 Å². The van der Waals surface area contributed by atoms with Crippen LogP contribution in [0.5, 0.6) is 0 Å². The fourth-order valence-electron chi connectivity index (χ4n) is 1.94.